The molecule has 5 nitrogen and oxygen atoms in total. The van der Waals surface area contributed by atoms with E-state index in [4.69, 9.17) is 15.2 Å². The number of rotatable bonds is 7. The van der Waals surface area contributed by atoms with Crippen molar-refractivity contribution in [1.29, 1.82) is 0 Å². The van der Waals surface area contributed by atoms with Crippen molar-refractivity contribution in [2.24, 2.45) is 11.7 Å². The fraction of sp³-hybridized carbons (Fsp3) is 0.533. The van der Waals surface area contributed by atoms with E-state index in [1.165, 1.54) is 12.8 Å². The van der Waals surface area contributed by atoms with E-state index in [0.29, 0.717) is 24.0 Å². The summed E-state index contributed by atoms with van der Waals surface area (Å²) in [6.07, 6.45) is 2.58. The Bertz CT molecular complexity index is 456. The number of benzene rings is 1. The van der Waals surface area contributed by atoms with Gasteiger partial charge in [-0.3, -0.25) is 4.79 Å². The van der Waals surface area contributed by atoms with Crippen LogP contribution in [0.25, 0.3) is 0 Å². The molecule has 0 spiro atoms. The molecule has 1 amide bonds. The van der Waals surface area contributed by atoms with Crippen LogP contribution < -0.4 is 20.5 Å². The van der Waals surface area contributed by atoms with Gasteiger partial charge in [0, 0.05) is 18.2 Å². The minimum atomic E-state index is -0.0658. The quantitative estimate of drug-likeness (QED) is 0.800. The summed E-state index contributed by atoms with van der Waals surface area (Å²) in [5.41, 5.74) is 6.73. The Morgan fingerprint density at radius 1 is 1.33 bits per heavy atom. The molecule has 0 aliphatic heterocycles. The van der Waals surface area contributed by atoms with Crippen molar-refractivity contribution < 1.29 is 14.3 Å². The van der Waals surface area contributed by atoms with E-state index in [-0.39, 0.29) is 30.8 Å². The fourth-order valence-corrected chi connectivity index (χ4v) is 2.25. The van der Waals surface area contributed by atoms with Crippen LogP contribution in [0.4, 0.5) is 0 Å². The zero-order valence-corrected chi connectivity index (χ0v) is 13.2. The number of carbonyl (C=O) groups is 1. The monoisotopic (exact) mass is 314 g/mol. The van der Waals surface area contributed by atoms with Gasteiger partial charge in [0.25, 0.3) is 0 Å². The molecule has 1 atom stereocenters. The highest BCUT2D eigenvalue weighted by Crippen LogP contribution is 2.31. The van der Waals surface area contributed by atoms with Crippen molar-refractivity contribution in [3.63, 3.8) is 0 Å². The Morgan fingerprint density at radius 2 is 1.90 bits per heavy atom. The van der Waals surface area contributed by atoms with E-state index < -0.39 is 0 Å². The first-order valence-corrected chi connectivity index (χ1v) is 6.87. The third-order valence-corrected chi connectivity index (χ3v) is 3.63. The molecule has 3 N–H and O–H groups in total. The van der Waals surface area contributed by atoms with Crippen LogP contribution in [0.15, 0.2) is 18.2 Å². The standard InChI is InChI=1S/C15H22N2O3.ClH/c1-19-13-4-3-5-14(20-2)11(13)8-15(18)17-9-12(16)10-6-7-10;/h3-5,10,12H,6-9,16H2,1-2H3,(H,17,18);1H. The second-order valence-corrected chi connectivity index (χ2v) is 5.12. The third kappa shape index (κ3) is 4.79. The maximum absolute atomic E-state index is 12.0. The van der Waals surface area contributed by atoms with Crippen LogP contribution >= 0.6 is 12.4 Å². The number of ether oxygens (including phenoxy) is 2. The average molecular weight is 315 g/mol. The summed E-state index contributed by atoms with van der Waals surface area (Å²) in [5, 5.41) is 2.88. The lowest BCUT2D eigenvalue weighted by molar-refractivity contribution is -0.120. The van der Waals surface area contributed by atoms with E-state index in [1.807, 2.05) is 18.2 Å². The molecule has 1 unspecified atom stereocenters. The van der Waals surface area contributed by atoms with Crippen LogP contribution in [0, 0.1) is 5.92 Å². The van der Waals surface area contributed by atoms with Crippen LogP contribution in [0.5, 0.6) is 11.5 Å². The van der Waals surface area contributed by atoms with Gasteiger partial charge < -0.3 is 20.5 Å². The van der Waals surface area contributed by atoms with Gasteiger partial charge >= 0.3 is 0 Å². The average Bonchev–Trinajstić information content (AvgIpc) is 3.29. The van der Waals surface area contributed by atoms with E-state index >= 15 is 0 Å². The van der Waals surface area contributed by atoms with E-state index in [0.717, 1.165) is 5.56 Å². The summed E-state index contributed by atoms with van der Waals surface area (Å²) in [6, 6.07) is 5.54. The lowest BCUT2D eigenvalue weighted by Gasteiger charge is -2.14. The van der Waals surface area contributed by atoms with Crippen molar-refractivity contribution in [3.8, 4) is 11.5 Å². The van der Waals surface area contributed by atoms with E-state index in [2.05, 4.69) is 5.32 Å². The number of methoxy groups -OCH3 is 2. The second-order valence-electron chi connectivity index (χ2n) is 5.12. The predicted molar refractivity (Wildman–Crippen MR) is 84.2 cm³/mol. The van der Waals surface area contributed by atoms with Crippen molar-refractivity contribution in [2.45, 2.75) is 25.3 Å². The normalized spacial score (nSPS) is 14.8. The highest BCUT2D eigenvalue weighted by Gasteiger charge is 2.28. The smallest absolute Gasteiger partial charge is 0.224 e. The number of amides is 1. The van der Waals surface area contributed by atoms with Crippen LogP contribution in [0.1, 0.15) is 18.4 Å². The van der Waals surface area contributed by atoms with E-state index in [9.17, 15) is 4.79 Å². The molecular weight excluding hydrogens is 292 g/mol. The number of hydrogen-bond acceptors (Lipinski definition) is 4. The molecule has 6 heteroatoms. The maximum Gasteiger partial charge on any atom is 0.224 e. The predicted octanol–water partition coefficient (Wildman–Crippen LogP) is 1.52. The Kier molecular flexibility index (Phi) is 6.78. The minimum absolute atomic E-state index is 0. The molecule has 1 saturated carbocycles. The second kappa shape index (κ2) is 8.10. The maximum atomic E-state index is 12.0. The number of hydrogen-bond donors (Lipinski definition) is 2. The Hall–Kier alpha value is -1.46. The molecular formula is C15H23ClN2O3. The first-order chi connectivity index (χ1) is 9.65. The zero-order valence-electron chi connectivity index (χ0n) is 12.4. The summed E-state index contributed by atoms with van der Waals surface area (Å²) in [7, 11) is 3.17. The van der Waals surface area contributed by atoms with Gasteiger partial charge in [-0.2, -0.15) is 0 Å². The van der Waals surface area contributed by atoms with Gasteiger partial charge in [-0.05, 0) is 30.9 Å². The number of halogens is 1. The molecule has 0 radical (unpaired) electrons. The van der Waals surface area contributed by atoms with Gasteiger partial charge in [-0.15, -0.1) is 12.4 Å². The lowest BCUT2D eigenvalue weighted by Crippen LogP contribution is -2.39. The van der Waals surface area contributed by atoms with Crippen LogP contribution in [0.2, 0.25) is 0 Å². The molecule has 1 aromatic carbocycles. The molecule has 0 aromatic heterocycles. The largest absolute Gasteiger partial charge is 0.496 e. The highest BCUT2D eigenvalue weighted by atomic mass is 35.5. The lowest BCUT2D eigenvalue weighted by atomic mass is 10.1. The molecule has 1 fully saturated rings. The van der Waals surface area contributed by atoms with Gasteiger partial charge in [0.2, 0.25) is 5.91 Å². The zero-order chi connectivity index (χ0) is 14.5. The highest BCUT2D eigenvalue weighted by molar-refractivity contribution is 5.85. The SMILES string of the molecule is COc1cccc(OC)c1CC(=O)NCC(N)C1CC1.Cl. The first-order valence-electron chi connectivity index (χ1n) is 6.87. The Labute approximate surface area is 131 Å². The van der Waals surface area contributed by atoms with Crippen LogP contribution in [-0.4, -0.2) is 32.7 Å². The number of nitrogens with two attached hydrogens (primary N) is 1. The number of carbonyl (C=O) groups excluding carboxylic acids is 1. The summed E-state index contributed by atoms with van der Waals surface area (Å²) < 4.78 is 10.6. The van der Waals surface area contributed by atoms with Crippen molar-refractivity contribution in [2.75, 3.05) is 20.8 Å². The summed E-state index contributed by atoms with van der Waals surface area (Å²) in [6.45, 7) is 0.529. The van der Waals surface area contributed by atoms with Crippen LogP contribution in [0.3, 0.4) is 0 Å². The molecule has 0 heterocycles. The van der Waals surface area contributed by atoms with Gasteiger partial charge in [0.05, 0.1) is 20.6 Å². The summed E-state index contributed by atoms with van der Waals surface area (Å²) in [5.74, 6) is 1.83. The van der Waals surface area contributed by atoms with Gasteiger partial charge in [0.15, 0.2) is 0 Å². The Morgan fingerprint density at radius 3 is 2.38 bits per heavy atom. The molecule has 1 aliphatic carbocycles. The van der Waals surface area contributed by atoms with Crippen molar-refractivity contribution in [1.82, 2.24) is 5.32 Å². The summed E-state index contributed by atoms with van der Waals surface area (Å²) >= 11 is 0. The van der Waals surface area contributed by atoms with Crippen LogP contribution in [-0.2, 0) is 11.2 Å². The molecule has 1 aliphatic rings. The molecule has 21 heavy (non-hydrogen) atoms. The van der Waals surface area contributed by atoms with Gasteiger partial charge in [-0.1, -0.05) is 6.07 Å². The van der Waals surface area contributed by atoms with Gasteiger partial charge in [-0.25, -0.2) is 0 Å². The van der Waals surface area contributed by atoms with Crippen molar-refractivity contribution in [3.05, 3.63) is 23.8 Å². The fourth-order valence-electron chi connectivity index (χ4n) is 2.25. The summed E-state index contributed by atoms with van der Waals surface area (Å²) in [4.78, 5) is 12.0. The number of nitrogens with one attached hydrogen (secondary N) is 1. The third-order valence-electron chi connectivity index (χ3n) is 3.63. The molecule has 1 aromatic rings. The molecule has 2 rings (SSSR count). The molecule has 0 saturated heterocycles. The minimum Gasteiger partial charge on any atom is -0.496 e. The molecule has 0 bridgehead atoms. The first kappa shape index (κ1) is 17.6. The Balaban J connectivity index is 0.00000220. The van der Waals surface area contributed by atoms with E-state index in [1.54, 1.807) is 14.2 Å². The topological polar surface area (TPSA) is 73.6 Å². The van der Waals surface area contributed by atoms with Crippen molar-refractivity contribution >= 4 is 18.3 Å². The molecule has 118 valence electrons. The van der Waals surface area contributed by atoms with Gasteiger partial charge in [0.1, 0.15) is 11.5 Å².